The van der Waals surface area contributed by atoms with E-state index in [9.17, 15) is 9.18 Å². The fourth-order valence-electron chi connectivity index (χ4n) is 2.65. The molecule has 0 aromatic heterocycles. The van der Waals surface area contributed by atoms with Crippen molar-refractivity contribution in [1.29, 1.82) is 0 Å². The van der Waals surface area contributed by atoms with Gasteiger partial charge in [-0.1, -0.05) is 30.3 Å². The first-order chi connectivity index (χ1) is 9.52. The van der Waals surface area contributed by atoms with Crippen LogP contribution in [0.15, 0.2) is 48.5 Å². The summed E-state index contributed by atoms with van der Waals surface area (Å²) in [5.41, 5.74) is -0.533. The lowest BCUT2D eigenvalue weighted by molar-refractivity contribution is -0.129. The molecule has 2 aromatic rings. The van der Waals surface area contributed by atoms with E-state index in [1.807, 2.05) is 0 Å². The summed E-state index contributed by atoms with van der Waals surface area (Å²) in [7, 11) is 1.56. The number of rotatable bonds is 2. The largest absolute Gasteiger partial charge is 0.312 e. The molecule has 2 aromatic carbocycles. The number of nitrogens with zero attached hydrogens (tertiary/aromatic N) is 1. The van der Waals surface area contributed by atoms with Crippen molar-refractivity contribution in [3.63, 3.8) is 0 Å². The zero-order valence-electron chi connectivity index (χ0n) is 10.9. The van der Waals surface area contributed by atoms with Crippen molar-refractivity contribution in [2.24, 2.45) is 0 Å². The number of likely N-dealkylation sites (N-methyl/N-ethyl adjacent to an activating group) is 1. The highest BCUT2D eigenvalue weighted by Crippen LogP contribution is 2.44. The smallest absolute Gasteiger partial charge is 0.269 e. The first-order valence-electron chi connectivity index (χ1n) is 6.33. The van der Waals surface area contributed by atoms with Gasteiger partial charge in [0.15, 0.2) is 0 Å². The van der Waals surface area contributed by atoms with Gasteiger partial charge in [-0.05, 0) is 23.8 Å². The molecule has 0 radical (unpaired) electrons. The van der Waals surface area contributed by atoms with Crippen molar-refractivity contribution in [2.45, 2.75) is 12.1 Å². The van der Waals surface area contributed by atoms with Crippen LogP contribution in [0.25, 0.3) is 0 Å². The molecule has 3 rings (SSSR count). The predicted molar refractivity (Wildman–Crippen MR) is 72.7 cm³/mol. The number of benzene rings is 2. The Morgan fingerprint density at radius 1 is 1.10 bits per heavy atom. The van der Waals surface area contributed by atoms with E-state index in [4.69, 9.17) is 0 Å². The number of hydrogen-bond acceptors (Lipinski definition) is 1. The molecular weight excluding hydrogens is 260 g/mol. The summed E-state index contributed by atoms with van der Waals surface area (Å²) in [4.78, 5) is 13.6. The summed E-state index contributed by atoms with van der Waals surface area (Å²) >= 11 is 0. The summed E-state index contributed by atoms with van der Waals surface area (Å²) in [6.07, 6.45) is -0.0898. The third-order valence-corrected chi connectivity index (χ3v) is 3.70. The Balaban J connectivity index is 2.03. The maximum absolute atomic E-state index is 15.3. The SMILES string of the molecule is CN1C(=O)C(F)(Cc2ccc(F)cc2)c2ccccc21. The number of para-hydroxylation sites is 1. The predicted octanol–water partition coefficient (Wildman–Crippen LogP) is 3.21. The van der Waals surface area contributed by atoms with Gasteiger partial charge in [-0.15, -0.1) is 0 Å². The summed E-state index contributed by atoms with van der Waals surface area (Å²) in [5.74, 6) is -0.958. The van der Waals surface area contributed by atoms with Crippen molar-refractivity contribution in [3.8, 4) is 0 Å². The molecule has 1 aliphatic rings. The average Bonchev–Trinajstić information content (AvgIpc) is 2.65. The average molecular weight is 273 g/mol. The molecule has 20 heavy (non-hydrogen) atoms. The molecule has 1 amide bonds. The van der Waals surface area contributed by atoms with Gasteiger partial charge >= 0.3 is 0 Å². The molecule has 1 aliphatic heterocycles. The molecule has 0 spiro atoms. The Bertz CT molecular complexity index is 668. The van der Waals surface area contributed by atoms with Gasteiger partial charge in [0, 0.05) is 19.0 Å². The molecule has 0 N–H and O–H groups in total. The van der Waals surface area contributed by atoms with E-state index in [0.717, 1.165) is 0 Å². The monoisotopic (exact) mass is 273 g/mol. The van der Waals surface area contributed by atoms with Crippen LogP contribution in [-0.2, 0) is 16.9 Å². The normalized spacial score (nSPS) is 21.1. The van der Waals surface area contributed by atoms with Crippen molar-refractivity contribution in [2.75, 3.05) is 11.9 Å². The summed E-state index contributed by atoms with van der Waals surface area (Å²) in [6, 6.07) is 12.4. The van der Waals surface area contributed by atoms with Gasteiger partial charge in [0.2, 0.25) is 5.67 Å². The van der Waals surface area contributed by atoms with Crippen LogP contribution >= 0.6 is 0 Å². The number of amides is 1. The van der Waals surface area contributed by atoms with Crippen LogP contribution in [0, 0.1) is 5.82 Å². The Labute approximate surface area is 115 Å². The van der Waals surface area contributed by atoms with Gasteiger partial charge in [-0.3, -0.25) is 4.79 Å². The number of fused-ring (bicyclic) bond motifs is 1. The minimum absolute atomic E-state index is 0.0898. The van der Waals surface area contributed by atoms with Crippen LogP contribution in [0.4, 0.5) is 14.5 Å². The van der Waals surface area contributed by atoms with Crippen LogP contribution in [0.1, 0.15) is 11.1 Å². The molecule has 0 aliphatic carbocycles. The molecule has 0 saturated heterocycles. The van der Waals surface area contributed by atoms with Crippen LogP contribution in [0.5, 0.6) is 0 Å². The molecule has 1 unspecified atom stereocenters. The van der Waals surface area contributed by atoms with Crippen molar-refractivity contribution < 1.29 is 13.6 Å². The van der Waals surface area contributed by atoms with E-state index in [1.165, 1.54) is 29.2 Å². The Morgan fingerprint density at radius 3 is 2.45 bits per heavy atom. The summed E-state index contributed by atoms with van der Waals surface area (Å²) < 4.78 is 28.2. The maximum atomic E-state index is 15.3. The molecule has 1 atom stereocenters. The number of halogens is 2. The van der Waals surface area contributed by atoms with Crippen molar-refractivity contribution >= 4 is 11.6 Å². The highest BCUT2D eigenvalue weighted by molar-refractivity contribution is 6.06. The van der Waals surface area contributed by atoms with Crippen molar-refractivity contribution in [1.82, 2.24) is 0 Å². The van der Waals surface area contributed by atoms with Gasteiger partial charge in [0.25, 0.3) is 5.91 Å². The zero-order valence-corrected chi connectivity index (χ0v) is 10.9. The summed E-state index contributed by atoms with van der Waals surface area (Å²) in [5, 5.41) is 0. The number of anilines is 1. The van der Waals surface area contributed by atoms with E-state index in [1.54, 1.807) is 31.3 Å². The van der Waals surface area contributed by atoms with E-state index in [0.29, 0.717) is 16.8 Å². The molecule has 0 bridgehead atoms. The first-order valence-corrected chi connectivity index (χ1v) is 6.33. The number of carbonyl (C=O) groups is 1. The van der Waals surface area contributed by atoms with Crippen LogP contribution in [-0.4, -0.2) is 13.0 Å². The highest BCUT2D eigenvalue weighted by Gasteiger charge is 2.50. The molecule has 4 heteroatoms. The van der Waals surface area contributed by atoms with E-state index >= 15 is 4.39 Å². The second-order valence-corrected chi connectivity index (χ2v) is 4.99. The topological polar surface area (TPSA) is 20.3 Å². The lowest BCUT2D eigenvalue weighted by Crippen LogP contribution is -2.36. The molecule has 0 saturated carbocycles. The maximum Gasteiger partial charge on any atom is 0.269 e. The third kappa shape index (κ3) is 1.80. The third-order valence-electron chi connectivity index (χ3n) is 3.70. The molecular formula is C16H13F2NO. The highest BCUT2D eigenvalue weighted by atomic mass is 19.1. The Morgan fingerprint density at radius 2 is 1.75 bits per heavy atom. The van der Waals surface area contributed by atoms with Crippen LogP contribution < -0.4 is 4.90 Å². The second kappa shape index (κ2) is 4.40. The number of alkyl halides is 1. The first kappa shape index (κ1) is 12.8. The van der Waals surface area contributed by atoms with Gasteiger partial charge in [0.05, 0.1) is 5.69 Å². The number of carbonyl (C=O) groups excluding carboxylic acids is 1. The zero-order chi connectivity index (χ0) is 14.3. The minimum atomic E-state index is -2.08. The van der Waals surface area contributed by atoms with Crippen molar-refractivity contribution in [3.05, 3.63) is 65.5 Å². The Kier molecular flexibility index (Phi) is 2.82. The number of hydrogen-bond donors (Lipinski definition) is 0. The fourth-order valence-corrected chi connectivity index (χ4v) is 2.65. The second-order valence-electron chi connectivity index (χ2n) is 4.99. The quantitative estimate of drug-likeness (QED) is 0.822. The lowest BCUT2D eigenvalue weighted by Gasteiger charge is -2.19. The van der Waals surface area contributed by atoms with E-state index in [-0.39, 0.29) is 12.2 Å². The minimum Gasteiger partial charge on any atom is -0.312 e. The molecule has 0 fully saturated rings. The molecule has 2 nitrogen and oxygen atoms in total. The van der Waals surface area contributed by atoms with E-state index < -0.39 is 11.6 Å². The summed E-state index contributed by atoms with van der Waals surface area (Å²) in [6.45, 7) is 0. The molecule has 102 valence electrons. The Hall–Kier alpha value is -2.23. The van der Waals surface area contributed by atoms with Crippen LogP contribution in [0.3, 0.4) is 0 Å². The van der Waals surface area contributed by atoms with E-state index in [2.05, 4.69) is 0 Å². The van der Waals surface area contributed by atoms with Gasteiger partial charge in [-0.2, -0.15) is 0 Å². The lowest BCUT2D eigenvalue weighted by atomic mass is 9.90. The van der Waals surface area contributed by atoms with Gasteiger partial charge in [0.1, 0.15) is 5.82 Å². The van der Waals surface area contributed by atoms with Gasteiger partial charge < -0.3 is 4.90 Å². The standard InChI is InChI=1S/C16H13F2NO/c1-19-14-5-3-2-4-13(14)16(18,15(19)20)10-11-6-8-12(17)9-7-11/h2-9H,10H2,1H3. The fraction of sp³-hybridized carbons (Fsp3) is 0.188. The molecule has 1 heterocycles. The van der Waals surface area contributed by atoms with Crippen LogP contribution in [0.2, 0.25) is 0 Å². The van der Waals surface area contributed by atoms with Gasteiger partial charge in [-0.25, -0.2) is 8.78 Å².